The Balaban J connectivity index is 1.55. The van der Waals surface area contributed by atoms with Crippen LogP contribution in [0.15, 0.2) is 41.3 Å². The average molecular weight is 473 g/mol. The molecule has 7 nitrogen and oxygen atoms in total. The molecular formula is C24H29FN4O3S. The highest BCUT2D eigenvalue weighted by atomic mass is 32.2. The van der Waals surface area contributed by atoms with Gasteiger partial charge in [-0.1, -0.05) is 13.0 Å². The molecule has 0 radical (unpaired) electrons. The summed E-state index contributed by atoms with van der Waals surface area (Å²) >= 11 is 0. The zero-order valence-corrected chi connectivity index (χ0v) is 19.8. The van der Waals surface area contributed by atoms with Crippen LogP contribution in [-0.2, 0) is 27.8 Å². The summed E-state index contributed by atoms with van der Waals surface area (Å²) in [6.07, 6.45) is 3.22. The van der Waals surface area contributed by atoms with Crippen LogP contribution in [0.3, 0.4) is 0 Å². The number of nitrogens with one attached hydrogen (secondary N) is 1. The molecule has 0 bridgehead atoms. The third-order valence-corrected chi connectivity index (χ3v) is 7.89. The molecule has 2 heterocycles. The van der Waals surface area contributed by atoms with Crippen LogP contribution in [0.25, 0.3) is 11.0 Å². The second kappa shape index (κ2) is 9.61. The van der Waals surface area contributed by atoms with Crippen LogP contribution >= 0.6 is 0 Å². The molecule has 0 spiro atoms. The summed E-state index contributed by atoms with van der Waals surface area (Å²) in [5.74, 6) is 0.102. The fourth-order valence-corrected chi connectivity index (χ4v) is 5.77. The van der Waals surface area contributed by atoms with Gasteiger partial charge in [-0.2, -0.15) is 4.31 Å². The van der Waals surface area contributed by atoms with Crippen molar-refractivity contribution in [2.75, 3.05) is 18.4 Å². The van der Waals surface area contributed by atoms with E-state index in [-0.39, 0.29) is 17.2 Å². The number of hydrogen-bond donors (Lipinski definition) is 1. The number of amides is 1. The van der Waals surface area contributed by atoms with Crippen LogP contribution < -0.4 is 5.32 Å². The second-order valence-corrected chi connectivity index (χ2v) is 10.4. The average Bonchev–Trinajstić information content (AvgIpc) is 3.44. The van der Waals surface area contributed by atoms with E-state index in [0.717, 1.165) is 36.2 Å². The Morgan fingerprint density at radius 2 is 1.91 bits per heavy atom. The molecule has 1 aliphatic rings. The first kappa shape index (κ1) is 23.4. The Kier molecular flexibility index (Phi) is 6.81. The molecule has 0 aliphatic carbocycles. The highest BCUT2D eigenvalue weighted by molar-refractivity contribution is 7.89. The maximum atomic E-state index is 13.5. The van der Waals surface area contributed by atoms with Crippen molar-refractivity contribution in [3.05, 3.63) is 53.6 Å². The molecule has 1 aliphatic heterocycles. The molecule has 1 amide bonds. The number of anilines is 1. The van der Waals surface area contributed by atoms with E-state index < -0.39 is 15.8 Å². The van der Waals surface area contributed by atoms with E-state index in [1.807, 2.05) is 11.5 Å². The van der Waals surface area contributed by atoms with E-state index in [1.165, 1.54) is 16.4 Å². The standard InChI is InChI=1S/C24H29FN4O3S/c1-3-12-29-22-9-8-19(33(31,32)28-13-4-5-14-28)16-21(22)26-23(29)10-11-24(30)27-20-15-18(25)7-6-17(20)2/h6-9,15-16H,3-5,10-14H2,1-2H3,(H,27,30). The molecule has 9 heteroatoms. The lowest BCUT2D eigenvalue weighted by Crippen LogP contribution is -2.27. The minimum absolute atomic E-state index is 0.182. The molecule has 176 valence electrons. The van der Waals surface area contributed by atoms with Crippen LogP contribution in [0.5, 0.6) is 0 Å². The third kappa shape index (κ3) is 4.94. The number of carbonyl (C=O) groups excluding carboxylic acids is 1. The molecule has 3 aromatic rings. The lowest BCUT2D eigenvalue weighted by molar-refractivity contribution is -0.116. The van der Waals surface area contributed by atoms with Gasteiger partial charge >= 0.3 is 0 Å². The van der Waals surface area contributed by atoms with E-state index in [1.54, 1.807) is 24.3 Å². The summed E-state index contributed by atoms with van der Waals surface area (Å²) in [6.45, 7) is 5.69. The molecule has 4 rings (SSSR count). The topological polar surface area (TPSA) is 84.3 Å². The highest BCUT2D eigenvalue weighted by Gasteiger charge is 2.28. The fourth-order valence-electron chi connectivity index (χ4n) is 4.23. The van der Waals surface area contributed by atoms with E-state index in [0.29, 0.717) is 37.3 Å². The zero-order chi connectivity index (χ0) is 23.6. The number of imidazole rings is 1. The molecule has 0 saturated carbocycles. The quantitative estimate of drug-likeness (QED) is 0.531. The van der Waals surface area contributed by atoms with Crippen molar-refractivity contribution >= 4 is 32.7 Å². The van der Waals surface area contributed by atoms with Crippen LogP contribution in [0.2, 0.25) is 0 Å². The molecule has 33 heavy (non-hydrogen) atoms. The number of halogens is 1. The van der Waals surface area contributed by atoms with E-state index >= 15 is 0 Å². The number of nitrogens with zero attached hydrogens (tertiary/aromatic N) is 3. The molecule has 0 unspecified atom stereocenters. The van der Waals surface area contributed by atoms with Gasteiger partial charge < -0.3 is 9.88 Å². The fraction of sp³-hybridized carbons (Fsp3) is 0.417. The summed E-state index contributed by atoms with van der Waals surface area (Å²) in [7, 11) is -3.52. The number of rotatable bonds is 8. The van der Waals surface area contributed by atoms with E-state index in [2.05, 4.69) is 17.2 Å². The third-order valence-electron chi connectivity index (χ3n) is 6.00. The molecule has 2 aromatic carbocycles. The largest absolute Gasteiger partial charge is 0.328 e. The minimum atomic E-state index is -3.52. The maximum Gasteiger partial charge on any atom is 0.243 e. The Bertz CT molecular complexity index is 1280. The van der Waals surface area contributed by atoms with Gasteiger partial charge in [0, 0.05) is 38.2 Å². The molecular weight excluding hydrogens is 443 g/mol. The second-order valence-electron chi connectivity index (χ2n) is 8.45. The van der Waals surface area contributed by atoms with Crippen molar-refractivity contribution in [1.82, 2.24) is 13.9 Å². The van der Waals surface area contributed by atoms with Crippen LogP contribution in [0.4, 0.5) is 10.1 Å². The van der Waals surface area contributed by atoms with E-state index in [9.17, 15) is 17.6 Å². The normalized spacial score (nSPS) is 14.8. The van der Waals surface area contributed by atoms with Crippen molar-refractivity contribution in [3.63, 3.8) is 0 Å². The van der Waals surface area contributed by atoms with Gasteiger partial charge in [-0.3, -0.25) is 4.79 Å². The predicted octanol–water partition coefficient (Wildman–Crippen LogP) is 4.25. The van der Waals surface area contributed by atoms with Crippen molar-refractivity contribution in [1.29, 1.82) is 0 Å². The minimum Gasteiger partial charge on any atom is -0.328 e. The number of carbonyl (C=O) groups is 1. The van der Waals surface area contributed by atoms with Gasteiger partial charge in [0.25, 0.3) is 0 Å². The smallest absolute Gasteiger partial charge is 0.243 e. The van der Waals surface area contributed by atoms with E-state index in [4.69, 9.17) is 0 Å². The first-order chi connectivity index (χ1) is 15.8. The van der Waals surface area contributed by atoms with Crippen LogP contribution in [-0.4, -0.2) is 41.3 Å². The monoisotopic (exact) mass is 472 g/mol. The molecule has 1 aromatic heterocycles. The van der Waals surface area contributed by atoms with Crippen molar-refractivity contribution in [2.45, 2.75) is 57.4 Å². The molecule has 1 fully saturated rings. The zero-order valence-electron chi connectivity index (χ0n) is 19.0. The van der Waals surface area contributed by atoms with Gasteiger partial charge in [-0.25, -0.2) is 17.8 Å². The number of fused-ring (bicyclic) bond motifs is 1. The van der Waals surface area contributed by atoms with Gasteiger partial charge in [-0.15, -0.1) is 0 Å². The number of benzene rings is 2. The summed E-state index contributed by atoms with van der Waals surface area (Å²) in [6, 6.07) is 9.38. The van der Waals surface area contributed by atoms with Gasteiger partial charge in [0.15, 0.2) is 0 Å². The predicted molar refractivity (Wildman–Crippen MR) is 126 cm³/mol. The van der Waals surface area contributed by atoms with Crippen LogP contribution in [0.1, 0.15) is 44.0 Å². The highest BCUT2D eigenvalue weighted by Crippen LogP contribution is 2.26. The maximum absolute atomic E-state index is 13.5. The number of aromatic nitrogens is 2. The van der Waals surface area contributed by atoms with Crippen LogP contribution in [0, 0.1) is 12.7 Å². The Morgan fingerprint density at radius 1 is 1.15 bits per heavy atom. The first-order valence-corrected chi connectivity index (χ1v) is 12.8. The summed E-state index contributed by atoms with van der Waals surface area (Å²) < 4.78 is 43.0. The number of sulfonamides is 1. The lowest BCUT2D eigenvalue weighted by Gasteiger charge is -2.15. The first-order valence-electron chi connectivity index (χ1n) is 11.3. The van der Waals surface area contributed by atoms with Gasteiger partial charge in [-0.05, 0) is 62.1 Å². The van der Waals surface area contributed by atoms with Gasteiger partial charge in [0.2, 0.25) is 15.9 Å². The molecule has 1 saturated heterocycles. The van der Waals surface area contributed by atoms with Crippen molar-refractivity contribution < 1.29 is 17.6 Å². The van der Waals surface area contributed by atoms with Crippen molar-refractivity contribution in [2.24, 2.45) is 0 Å². The van der Waals surface area contributed by atoms with Crippen molar-refractivity contribution in [3.8, 4) is 0 Å². The Labute approximate surface area is 193 Å². The number of aryl methyl sites for hydroxylation is 3. The Hall–Kier alpha value is -2.78. The molecule has 0 atom stereocenters. The number of hydrogen-bond acceptors (Lipinski definition) is 4. The van der Waals surface area contributed by atoms with Gasteiger partial charge in [0.1, 0.15) is 11.6 Å². The summed E-state index contributed by atoms with van der Waals surface area (Å²) in [4.78, 5) is 17.4. The summed E-state index contributed by atoms with van der Waals surface area (Å²) in [5.41, 5.74) is 2.71. The summed E-state index contributed by atoms with van der Waals surface area (Å²) in [5, 5.41) is 2.77. The molecule has 1 N–H and O–H groups in total. The van der Waals surface area contributed by atoms with Gasteiger partial charge in [0.05, 0.1) is 15.9 Å². The SMILES string of the molecule is CCCn1c(CCC(=O)Nc2cc(F)ccc2C)nc2cc(S(=O)(=O)N3CCCC3)ccc21. The lowest BCUT2D eigenvalue weighted by atomic mass is 10.2. The Morgan fingerprint density at radius 3 is 2.64 bits per heavy atom.